The fourth-order valence-corrected chi connectivity index (χ4v) is 2.72. The van der Waals surface area contributed by atoms with E-state index in [9.17, 15) is 5.11 Å². The van der Waals surface area contributed by atoms with Gasteiger partial charge in [0.2, 0.25) is 0 Å². The molecule has 0 aromatic heterocycles. The van der Waals surface area contributed by atoms with Crippen LogP contribution in [0.1, 0.15) is 60.8 Å². The molecule has 1 rings (SSSR count). The van der Waals surface area contributed by atoms with Crippen LogP contribution in [0.2, 0.25) is 0 Å². The second-order valence-corrected chi connectivity index (χ2v) is 8.18. The number of aliphatic hydroxyl groups is 1. The van der Waals surface area contributed by atoms with E-state index in [1.807, 2.05) is 0 Å². The Morgan fingerprint density at radius 2 is 1.67 bits per heavy atom. The molecule has 108 valence electrons. The molecule has 18 heavy (non-hydrogen) atoms. The van der Waals surface area contributed by atoms with Crippen LogP contribution in [0.4, 0.5) is 0 Å². The van der Waals surface area contributed by atoms with E-state index in [-0.39, 0.29) is 11.5 Å². The molecule has 0 aliphatic carbocycles. The van der Waals surface area contributed by atoms with E-state index >= 15 is 0 Å². The SMILES string of the molecule is CC(C)(C)C(O)CN1CCCC(C(C)(C)C)CC1. The first-order valence-corrected chi connectivity index (χ1v) is 7.51. The van der Waals surface area contributed by atoms with E-state index in [1.165, 1.54) is 19.3 Å². The van der Waals surface area contributed by atoms with Gasteiger partial charge in [-0.15, -0.1) is 0 Å². The van der Waals surface area contributed by atoms with Crippen LogP contribution in [0, 0.1) is 16.7 Å². The number of aliphatic hydroxyl groups excluding tert-OH is 1. The molecule has 1 saturated heterocycles. The van der Waals surface area contributed by atoms with Crippen molar-refractivity contribution in [1.29, 1.82) is 0 Å². The summed E-state index contributed by atoms with van der Waals surface area (Å²) in [5.41, 5.74) is 0.425. The first kappa shape index (κ1) is 16.0. The van der Waals surface area contributed by atoms with Gasteiger partial charge in [-0.2, -0.15) is 0 Å². The minimum absolute atomic E-state index is 0.00423. The van der Waals surface area contributed by atoms with Crippen molar-refractivity contribution in [2.24, 2.45) is 16.7 Å². The zero-order chi connectivity index (χ0) is 14.0. The van der Waals surface area contributed by atoms with E-state index in [0.29, 0.717) is 5.41 Å². The summed E-state index contributed by atoms with van der Waals surface area (Å²) in [6.45, 7) is 16.6. The summed E-state index contributed by atoms with van der Waals surface area (Å²) in [7, 11) is 0. The van der Waals surface area contributed by atoms with E-state index in [4.69, 9.17) is 0 Å². The Kier molecular flexibility index (Phi) is 5.25. The molecule has 0 aromatic carbocycles. The van der Waals surface area contributed by atoms with Gasteiger partial charge in [-0.3, -0.25) is 0 Å². The molecule has 0 saturated carbocycles. The molecular weight excluding hydrogens is 222 g/mol. The summed E-state index contributed by atoms with van der Waals surface area (Å²) in [4.78, 5) is 2.46. The molecule has 1 N–H and O–H groups in total. The molecular formula is C16H33NO. The van der Waals surface area contributed by atoms with Crippen molar-refractivity contribution in [3.05, 3.63) is 0 Å². The maximum atomic E-state index is 10.2. The normalized spacial score (nSPS) is 25.8. The van der Waals surface area contributed by atoms with Crippen LogP contribution in [0.3, 0.4) is 0 Å². The highest BCUT2D eigenvalue weighted by molar-refractivity contribution is 4.81. The first-order chi connectivity index (χ1) is 8.10. The fourth-order valence-electron chi connectivity index (χ4n) is 2.72. The summed E-state index contributed by atoms with van der Waals surface area (Å²) in [6.07, 6.45) is 3.67. The van der Waals surface area contributed by atoms with Gasteiger partial charge >= 0.3 is 0 Å². The van der Waals surface area contributed by atoms with Crippen LogP contribution in [-0.4, -0.2) is 35.7 Å². The molecule has 1 fully saturated rings. The summed E-state index contributed by atoms with van der Waals surface area (Å²) in [5.74, 6) is 0.828. The molecule has 2 atom stereocenters. The molecule has 2 heteroatoms. The smallest absolute Gasteiger partial charge is 0.0715 e. The van der Waals surface area contributed by atoms with Gasteiger partial charge in [0, 0.05) is 6.54 Å². The van der Waals surface area contributed by atoms with Crippen molar-refractivity contribution < 1.29 is 5.11 Å². The third kappa shape index (κ3) is 4.89. The molecule has 0 amide bonds. The highest BCUT2D eigenvalue weighted by atomic mass is 16.3. The van der Waals surface area contributed by atoms with Crippen molar-refractivity contribution in [1.82, 2.24) is 4.90 Å². The topological polar surface area (TPSA) is 23.5 Å². The quantitative estimate of drug-likeness (QED) is 0.816. The zero-order valence-electron chi connectivity index (χ0n) is 13.3. The largest absolute Gasteiger partial charge is 0.391 e. The summed E-state index contributed by atoms with van der Waals surface area (Å²) in [6, 6.07) is 0. The Morgan fingerprint density at radius 1 is 1.06 bits per heavy atom. The van der Waals surface area contributed by atoms with Crippen molar-refractivity contribution in [2.45, 2.75) is 66.9 Å². The Bertz CT molecular complexity index is 249. The third-order valence-electron chi connectivity index (χ3n) is 4.48. The predicted octanol–water partition coefficient (Wildman–Crippen LogP) is 3.54. The third-order valence-corrected chi connectivity index (χ3v) is 4.48. The maximum Gasteiger partial charge on any atom is 0.0715 e. The van der Waals surface area contributed by atoms with Gasteiger partial charge < -0.3 is 10.0 Å². The van der Waals surface area contributed by atoms with Gasteiger partial charge in [0.05, 0.1) is 6.10 Å². The van der Waals surface area contributed by atoms with Crippen LogP contribution in [0.15, 0.2) is 0 Å². The maximum absolute atomic E-state index is 10.2. The Hall–Kier alpha value is -0.0800. The lowest BCUT2D eigenvalue weighted by Gasteiger charge is -2.32. The molecule has 0 radical (unpaired) electrons. The van der Waals surface area contributed by atoms with Crippen LogP contribution in [0.5, 0.6) is 0 Å². The van der Waals surface area contributed by atoms with E-state index < -0.39 is 0 Å². The Labute approximate surface area is 114 Å². The van der Waals surface area contributed by atoms with E-state index in [1.54, 1.807) is 0 Å². The second-order valence-electron chi connectivity index (χ2n) is 8.18. The number of hydrogen-bond acceptors (Lipinski definition) is 2. The van der Waals surface area contributed by atoms with Gasteiger partial charge in [0.25, 0.3) is 0 Å². The number of nitrogens with zero attached hydrogens (tertiary/aromatic N) is 1. The number of likely N-dealkylation sites (tertiary alicyclic amines) is 1. The molecule has 2 unspecified atom stereocenters. The molecule has 1 heterocycles. The summed E-state index contributed by atoms with van der Waals surface area (Å²) in [5, 5.41) is 10.2. The molecule has 0 spiro atoms. The molecule has 2 nitrogen and oxygen atoms in total. The first-order valence-electron chi connectivity index (χ1n) is 7.51. The lowest BCUT2D eigenvalue weighted by Crippen LogP contribution is -2.40. The molecule has 1 aliphatic rings. The molecule has 0 bridgehead atoms. The number of hydrogen-bond donors (Lipinski definition) is 1. The Balaban J connectivity index is 2.48. The standard InChI is InChI=1S/C16H33NO/c1-15(2,3)13-8-7-10-17(11-9-13)12-14(18)16(4,5)6/h13-14,18H,7-12H2,1-6H3. The van der Waals surface area contributed by atoms with Crippen molar-refractivity contribution in [2.75, 3.05) is 19.6 Å². The predicted molar refractivity (Wildman–Crippen MR) is 78.7 cm³/mol. The molecule has 0 aromatic rings. The fraction of sp³-hybridized carbons (Fsp3) is 1.00. The minimum Gasteiger partial charge on any atom is -0.391 e. The summed E-state index contributed by atoms with van der Waals surface area (Å²) >= 11 is 0. The Morgan fingerprint density at radius 3 is 2.17 bits per heavy atom. The summed E-state index contributed by atoms with van der Waals surface area (Å²) < 4.78 is 0. The monoisotopic (exact) mass is 255 g/mol. The van der Waals surface area contributed by atoms with Crippen molar-refractivity contribution in [3.8, 4) is 0 Å². The highest BCUT2D eigenvalue weighted by Crippen LogP contribution is 2.34. The minimum atomic E-state index is -0.219. The number of β-amino-alcohol motifs (C(OH)–C–C–N with tert-alkyl or cyclic N) is 1. The van der Waals surface area contributed by atoms with Crippen molar-refractivity contribution >= 4 is 0 Å². The van der Waals surface area contributed by atoms with Gasteiger partial charge in [0.1, 0.15) is 0 Å². The van der Waals surface area contributed by atoms with Gasteiger partial charge in [-0.1, -0.05) is 41.5 Å². The number of rotatable bonds is 2. The van der Waals surface area contributed by atoms with Gasteiger partial charge in [-0.25, -0.2) is 0 Å². The lowest BCUT2D eigenvalue weighted by atomic mass is 9.77. The van der Waals surface area contributed by atoms with Gasteiger partial charge in [-0.05, 0) is 49.1 Å². The van der Waals surface area contributed by atoms with Gasteiger partial charge in [0.15, 0.2) is 0 Å². The van der Waals surface area contributed by atoms with E-state index in [0.717, 1.165) is 25.6 Å². The van der Waals surface area contributed by atoms with E-state index in [2.05, 4.69) is 46.4 Å². The van der Waals surface area contributed by atoms with Crippen LogP contribution in [-0.2, 0) is 0 Å². The second kappa shape index (κ2) is 5.92. The molecule has 1 aliphatic heterocycles. The lowest BCUT2D eigenvalue weighted by molar-refractivity contribution is 0.0286. The zero-order valence-corrected chi connectivity index (χ0v) is 13.3. The van der Waals surface area contributed by atoms with Crippen LogP contribution >= 0.6 is 0 Å². The van der Waals surface area contributed by atoms with Crippen LogP contribution in [0.25, 0.3) is 0 Å². The highest BCUT2D eigenvalue weighted by Gasteiger charge is 2.29. The average Bonchev–Trinajstić information content (AvgIpc) is 2.40. The average molecular weight is 255 g/mol. The van der Waals surface area contributed by atoms with Crippen molar-refractivity contribution in [3.63, 3.8) is 0 Å². The van der Waals surface area contributed by atoms with Crippen LogP contribution < -0.4 is 0 Å².